The Morgan fingerprint density at radius 1 is 1.47 bits per heavy atom. The Morgan fingerprint density at radius 3 is 2.47 bits per heavy atom. The maximum atomic E-state index is 10.8. The van der Waals surface area contributed by atoms with E-state index < -0.39 is 18.0 Å². The molecule has 0 fully saturated rings. The SMILES string of the molecule is Cc1n[nH]c(C)c1C(C)OC(=O)C(=O)O. The fraction of sp³-hybridized carbons (Fsp3) is 0.444. The molecule has 0 spiro atoms. The third-order valence-corrected chi connectivity index (χ3v) is 2.05. The summed E-state index contributed by atoms with van der Waals surface area (Å²) in [5.41, 5.74) is 2.17. The molecule has 0 aliphatic carbocycles. The van der Waals surface area contributed by atoms with E-state index in [0.29, 0.717) is 11.3 Å². The topological polar surface area (TPSA) is 92.3 Å². The number of hydrogen-bond donors (Lipinski definition) is 2. The first-order valence-corrected chi connectivity index (χ1v) is 4.38. The van der Waals surface area contributed by atoms with Gasteiger partial charge in [0.25, 0.3) is 0 Å². The Bertz CT molecular complexity index is 377. The molecule has 82 valence electrons. The Balaban J connectivity index is 2.82. The molecular weight excluding hydrogens is 200 g/mol. The van der Waals surface area contributed by atoms with Crippen LogP contribution >= 0.6 is 0 Å². The number of ether oxygens (including phenoxy) is 1. The number of carbonyl (C=O) groups is 2. The fourth-order valence-electron chi connectivity index (χ4n) is 1.43. The van der Waals surface area contributed by atoms with Gasteiger partial charge >= 0.3 is 11.9 Å². The first-order chi connectivity index (χ1) is 6.93. The molecule has 1 atom stereocenters. The number of aryl methyl sites for hydroxylation is 2. The van der Waals surface area contributed by atoms with Crippen LogP contribution in [0.3, 0.4) is 0 Å². The monoisotopic (exact) mass is 212 g/mol. The van der Waals surface area contributed by atoms with Gasteiger partial charge in [0.2, 0.25) is 0 Å². The molecule has 1 aromatic rings. The lowest BCUT2D eigenvalue weighted by atomic mass is 10.1. The lowest BCUT2D eigenvalue weighted by Gasteiger charge is -2.11. The molecule has 2 N–H and O–H groups in total. The van der Waals surface area contributed by atoms with Crippen molar-refractivity contribution in [3.8, 4) is 0 Å². The number of esters is 1. The van der Waals surface area contributed by atoms with Gasteiger partial charge in [-0.3, -0.25) is 5.10 Å². The van der Waals surface area contributed by atoms with E-state index in [1.54, 1.807) is 20.8 Å². The number of nitrogens with zero attached hydrogens (tertiary/aromatic N) is 1. The molecule has 1 heterocycles. The summed E-state index contributed by atoms with van der Waals surface area (Å²) in [7, 11) is 0. The van der Waals surface area contributed by atoms with Crippen molar-refractivity contribution in [1.29, 1.82) is 0 Å². The zero-order valence-corrected chi connectivity index (χ0v) is 8.70. The van der Waals surface area contributed by atoms with Crippen molar-refractivity contribution in [2.24, 2.45) is 0 Å². The summed E-state index contributed by atoms with van der Waals surface area (Å²) in [5, 5.41) is 15.0. The molecule has 0 saturated carbocycles. The Morgan fingerprint density at radius 2 is 2.07 bits per heavy atom. The fourth-order valence-corrected chi connectivity index (χ4v) is 1.43. The van der Waals surface area contributed by atoms with Gasteiger partial charge in [-0.15, -0.1) is 0 Å². The zero-order chi connectivity index (χ0) is 11.6. The maximum absolute atomic E-state index is 10.8. The minimum absolute atomic E-state index is 0.618. The van der Waals surface area contributed by atoms with Crippen molar-refractivity contribution < 1.29 is 19.4 Å². The van der Waals surface area contributed by atoms with Crippen LogP contribution in [0.5, 0.6) is 0 Å². The van der Waals surface area contributed by atoms with Crippen LogP contribution in [0.2, 0.25) is 0 Å². The van der Waals surface area contributed by atoms with Crippen molar-refractivity contribution in [1.82, 2.24) is 10.2 Å². The highest BCUT2D eigenvalue weighted by Crippen LogP contribution is 2.22. The molecule has 1 rings (SSSR count). The van der Waals surface area contributed by atoms with Crippen molar-refractivity contribution >= 4 is 11.9 Å². The summed E-state index contributed by atoms with van der Waals surface area (Å²) >= 11 is 0. The lowest BCUT2D eigenvalue weighted by molar-refractivity contribution is -0.167. The standard InChI is InChI=1S/C9H12N2O4/c1-4-7(5(2)11-10-4)6(3)15-9(14)8(12)13/h6H,1-3H3,(H,10,11)(H,12,13). The number of carboxylic acids is 1. The van der Waals surface area contributed by atoms with E-state index in [2.05, 4.69) is 10.2 Å². The second-order valence-electron chi connectivity index (χ2n) is 3.20. The van der Waals surface area contributed by atoms with Gasteiger partial charge in [0.1, 0.15) is 6.10 Å². The first-order valence-electron chi connectivity index (χ1n) is 4.38. The minimum Gasteiger partial charge on any atom is -0.473 e. The van der Waals surface area contributed by atoms with E-state index >= 15 is 0 Å². The normalized spacial score (nSPS) is 12.2. The summed E-state index contributed by atoms with van der Waals surface area (Å²) in [6.45, 7) is 5.13. The zero-order valence-electron chi connectivity index (χ0n) is 8.70. The number of nitrogens with one attached hydrogen (secondary N) is 1. The van der Waals surface area contributed by atoms with Crippen LogP contribution in [0.25, 0.3) is 0 Å². The van der Waals surface area contributed by atoms with Gasteiger partial charge in [0.15, 0.2) is 0 Å². The minimum atomic E-state index is -1.60. The number of hydrogen-bond acceptors (Lipinski definition) is 4. The second-order valence-corrected chi connectivity index (χ2v) is 3.20. The van der Waals surface area contributed by atoms with Gasteiger partial charge in [-0.25, -0.2) is 9.59 Å². The van der Waals surface area contributed by atoms with E-state index in [0.717, 1.165) is 5.69 Å². The number of carboxylic acid groups (broad SMARTS) is 1. The van der Waals surface area contributed by atoms with Gasteiger partial charge < -0.3 is 9.84 Å². The molecular formula is C9H12N2O4. The highest BCUT2D eigenvalue weighted by Gasteiger charge is 2.21. The van der Waals surface area contributed by atoms with E-state index in [9.17, 15) is 9.59 Å². The number of H-pyrrole nitrogens is 1. The molecule has 0 amide bonds. The molecule has 0 saturated heterocycles. The maximum Gasteiger partial charge on any atom is 0.417 e. The third kappa shape index (κ3) is 2.34. The van der Waals surface area contributed by atoms with Gasteiger partial charge in [-0.2, -0.15) is 5.10 Å². The second kappa shape index (κ2) is 4.12. The number of rotatable bonds is 2. The van der Waals surface area contributed by atoms with E-state index in [1.807, 2.05) is 0 Å². The summed E-state index contributed by atoms with van der Waals surface area (Å²) in [4.78, 5) is 21.1. The molecule has 0 bridgehead atoms. The Labute approximate surface area is 86.2 Å². The summed E-state index contributed by atoms with van der Waals surface area (Å²) in [6.07, 6.45) is -0.618. The highest BCUT2D eigenvalue weighted by molar-refractivity contribution is 6.28. The van der Waals surface area contributed by atoms with Gasteiger partial charge in [-0.05, 0) is 20.8 Å². The van der Waals surface area contributed by atoms with Crippen LogP contribution in [0.15, 0.2) is 0 Å². The smallest absolute Gasteiger partial charge is 0.417 e. The lowest BCUT2D eigenvalue weighted by Crippen LogP contribution is -2.18. The van der Waals surface area contributed by atoms with Crippen LogP contribution < -0.4 is 0 Å². The van der Waals surface area contributed by atoms with Crippen LogP contribution in [0.4, 0.5) is 0 Å². The number of aromatic amines is 1. The van der Waals surface area contributed by atoms with Crippen molar-refractivity contribution in [2.75, 3.05) is 0 Å². The molecule has 0 aliphatic heterocycles. The van der Waals surface area contributed by atoms with Crippen LogP contribution in [-0.4, -0.2) is 27.2 Å². The number of carbonyl (C=O) groups excluding carboxylic acids is 1. The van der Waals surface area contributed by atoms with Crippen molar-refractivity contribution in [3.05, 3.63) is 17.0 Å². The quantitative estimate of drug-likeness (QED) is 0.556. The van der Waals surface area contributed by atoms with Gasteiger partial charge in [0, 0.05) is 11.3 Å². The van der Waals surface area contributed by atoms with Crippen molar-refractivity contribution in [2.45, 2.75) is 26.9 Å². The predicted octanol–water partition coefficient (Wildman–Crippen LogP) is 0.715. The molecule has 0 aliphatic rings. The summed E-state index contributed by atoms with van der Waals surface area (Å²) in [5.74, 6) is -2.86. The Hall–Kier alpha value is -1.85. The third-order valence-electron chi connectivity index (χ3n) is 2.05. The van der Waals surface area contributed by atoms with Gasteiger partial charge in [0.05, 0.1) is 5.69 Å². The molecule has 1 unspecified atom stereocenters. The predicted molar refractivity (Wildman–Crippen MR) is 50.2 cm³/mol. The highest BCUT2D eigenvalue weighted by atomic mass is 16.6. The number of aliphatic carboxylic acids is 1. The van der Waals surface area contributed by atoms with Crippen molar-refractivity contribution in [3.63, 3.8) is 0 Å². The van der Waals surface area contributed by atoms with E-state index in [1.165, 1.54) is 0 Å². The number of aromatic nitrogens is 2. The molecule has 0 radical (unpaired) electrons. The average Bonchev–Trinajstić information content (AvgIpc) is 2.45. The Kier molecular flexibility index (Phi) is 3.08. The molecule has 6 nitrogen and oxygen atoms in total. The molecule has 0 aromatic carbocycles. The largest absolute Gasteiger partial charge is 0.473 e. The van der Waals surface area contributed by atoms with Crippen LogP contribution in [0, 0.1) is 13.8 Å². The summed E-state index contributed by atoms with van der Waals surface area (Å²) in [6, 6.07) is 0. The molecule has 15 heavy (non-hydrogen) atoms. The van der Waals surface area contributed by atoms with E-state index in [4.69, 9.17) is 9.84 Å². The van der Waals surface area contributed by atoms with E-state index in [-0.39, 0.29) is 0 Å². The average molecular weight is 212 g/mol. The van der Waals surface area contributed by atoms with Crippen LogP contribution in [0.1, 0.15) is 30.0 Å². The first kappa shape index (κ1) is 11.2. The summed E-state index contributed by atoms with van der Waals surface area (Å²) < 4.78 is 4.72. The van der Waals surface area contributed by atoms with Crippen LogP contribution in [-0.2, 0) is 14.3 Å². The molecule has 1 aromatic heterocycles. The molecule has 6 heteroatoms. The van der Waals surface area contributed by atoms with Gasteiger partial charge in [-0.1, -0.05) is 0 Å².